The van der Waals surface area contributed by atoms with E-state index >= 15 is 0 Å². The number of hydrogen-bond donors (Lipinski definition) is 2. The number of nitrogens with one attached hydrogen (secondary N) is 1. The van der Waals surface area contributed by atoms with Gasteiger partial charge >= 0.3 is 11.2 Å². The smallest absolute Gasteiger partial charge is 0.395 e. The van der Waals surface area contributed by atoms with Crippen LogP contribution in [0.25, 0.3) is 12.2 Å². The number of rotatable bonds is 7. The monoisotopic (exact) mass is 361 g/mol. The van der Waals surface area contributed by atoms with Gasteiger partial charge in [-0.15, -0.1) is 0 Å². The molecule has 2 N–H and O–H groups in total. The molecule has 1 aromatic heterocycles. The first-order valence-corrected chi connectivity index (χ1v) is 7.86. The van der Waals surface area contributed by atoms with E-state index in [9.17, 15) is 20.0 Å². The van der Waals surface area contributed by atoms with Crippen molar-refractivity contribution in [3.8, 4) is 17.4 Å². The number of benzene rings is 1. The van der Waals surface area contributed by atoms with Crippen LogP contribution < -0.4 is 15.0 Å². The Hall–Kier alpha value is -3.36. The Kier molecular flexibility index (Phi) is 5.94. The van der Waals surface area contributed by atoms with Crippen molar-refractivity contribution in [1.29, 1.82) is 0 Å². The molecule has 1 aromatic carbocycles. The van der Waals surface area contributed by atoms with Gasteiger partial charge in [0.05, 0.1) is 18.1 Å². The van der Waals surface area contributed by atoms with E-state index in [0.29, 0.717) is 11.5 Å². The van der Waals surface area contributed by atoms with E-state index in [2.05, 4.69) is 9.97 Å². The minimum absolute atomic E-state index is 0.0167. The van der Waals surface area contributed by atoms with Crippen LogP contribution in [0.3, 0.4) is 0 Å². The summed E-state index contributed by atoms with van der Waals surface area (Å²) in [6.07, 6.45) is 3.92. The quantitative estimate of drug-likeness (QED) is 0.573. The highest BCUT2D eigenvalue weighted by atomic mass is 16.6. The van der Waals surface area contributed by atoms with Crippen molar-refractivity contribution < 1.29 is 19.5 Å². The van der Waals surface area contributed by atoms with Gasteiger partial charge in [-0.25, -0.2) is 0 Å². The lowest BCUT2D eigenvalue weighted by molar-refractivity contribution is -0.387. The molecule has 1 atom stereocenters. The third kappa shape index (κ3) is 4.38. The summed E-state index contributed by atoms with van der Waals surface area (Å²) in [7, 11) is 1.53. The summed E-state index contributed by atoms with van der Waals surface area (Å²) in [5.74, 6) is 0.198. The first-order valence-electron chi connectivity index (χ1n) is 7.86. The molecule has 0 saturated carbocycles. The molecule has 9 heteroatoms. The molecule has 1 heterocycles. The normalized spacial score (nSPS) is 12.1. The average molecular weight is 361 g/mol. The van der Waals surface area contributed by atoms with Crippen LogP contribution in [0.2, 0.25) is 0 Å². The van der Waals surface area contributed by atoms with Gasteiger partial charge in [0.15, 0.2) is 11.5 Å². The number of nitro groups is 1. The van der Waals surface area contributed by atoms with E-state index in [1.807, 2.05) is 13.8 Å². The summed E-state index contributed by atoms with van der Waals surface area (Å²) in [6.45, 7) is 3.97. The maximum Gasteiger partial charge on any atom is 0.395 e. The lowest BCUT2D eigenvalue weighted by atomic mass is 10.2. The number of aromatic nitrogens is 2. The largest absolute Gasteiger partial charge is 0.493 e. The second-order valence-corrected chi connectivity index (χ2v) is 5.46. The van der Waals surface area contributed by atoms with Crippen LogP contribution in [0.15, 0.2) is 23.0 Å². The average Bonchev–Trinajstić information content (AvgIpc) is 2.59. The Balaban J connectivity index is 2.28. The first kappa shape index (κ1) is 19.0. The van der Waals surface area contributed by atoms with Crippen LogP contribution in [-0.2, 0) is 0 Å². The molecule has 0 radical (unpaired) electrons. The molecule has 0 bridgehead atoms. The summed E-state index contributed by atoms with van der Waals surface area (Å²) in [5, 5.41) is 20.2. The molecule has 2 aromatic rings. The number of H-pyrrole nitrogens is 1. The van der Waals surface area contributed by atoms with Crippen molar-refractivity contribution in [1.82, 2.24) is 9.97 Å². The standard InChI is InChI=1S/C17H19N3O6/c1-4-10(2)26-12-7-5-11(9-13(12)25-3)6-8-14-18-16(21)15(20(23)24)17(22)19-14/h5-10H,4H2,1-3H3,(H2,18,19,21,22)/b8-6+/t10-/m0/s1. The van der Waals surface area contributed by atoms with Crippen LogP contribution in [-0.4, -0.2) is 33.2 Å². The molecule has 0 amide bonds. The van der Waals surface area contributed by atoms with E-state index in [1.165, 1.54) is 13.2 Å². The molecule has 26 heavy (non-hydrogen) atoms. The molecule has 138 valence electrons. The highest BCUT2D eigenvalue weighted by Crippen LogP contribution is 2.30. The maximum atomic E-state index is 11.6. The van der Waals surface area contributed by atoms with Crippen LogP contribution >= 0.6 is 0 Å². The summed E-state index contributed by atoms with van der Waals surface area (Å²) in [6, 6.07) is 5.27. The fourth-order valence-corrected chi connectivity index (χ4v) is 2.08. The Morgan fingerprint density at radius 2 is 2.12 bits per heavy atom. The zero-order chi connectivity index (χ0) is 19.3. The van der Waals surface area contributed by atoms with Crippen molar-refractivity contribution in [2.45, 2.75) is 26.4 Å². The lowest BCUT2D eigenvalue weighted by Crippen LogP contribution is -2.14. The number of aromatic amines is 1. The molecule has 0 aliphatic rings. The molecular weight excluding hydrogens is 342 g/mol. The van der Waals surface area contributed by atoms with Gasteiger partial charge in [0.2, 0.25) is 0 Å². The Morgan fingerprint density at radius 3 is 2.69 bits per heavy atom. The Morgan fingerprint density at radius 1 is 1.38 bits per heavy atom. The predicted octanol–water partition coefficient (Wildman–Crippen LogP) is 2.74. The fourth-order valence-electron chi connectivity index (χ4n) is 2.08. The fraction of sp³-hybridized carbons (Fsp3) is 0.294. The van der Waals surface area contributed by atoms with Crippen LogP contribution in [0.1, 0.15) is 31.7 Å². The number of nitrogens with zero attached hydrogens (tertiary/aromatic N) is 2. The number of aromatic hydroxyl groups is 1. The van der Waals surface area contributed by atoms with Gasteiger partial charge in [-0.2, -0.15) is 4.98 Å². The zero-order valence-corrected chi connectivity index (χ0v) is 14.6. The number of hydrogen-bond acceptors (Lipinski definition) is 7. The van der Waals surface area contributed by atoms with Crippen molar-refractivity contribution in [3.63, 3.8) is 0 Å². The van der Waals surface area contributed by atoms with Crippen LogP contribution in [0, 0.1) is 10.1 Å². The Bertz CT molecular complexity index is 891. The minimum Gasteiger partial charge on any atom is -0.493 e. The second-order valence-electron chi connectivity index (χ2n) is 5.46. The molecule has 0 saturated heterocycles. The van der Waals surface area contributed by atoms with Gasteiger partial charge in [-0.3, -0.25) is 14.9 Å². The lowest BCUT2D eigenvalue weighted by Gasteiger charge is -2.15. The van der Waals surface area contributed by atoms with Crippen molar-refractivity contribution in [3.05, 3.63) is 50.1 Å². The molecule has 0 aliphatic carbocycles. The summed E-state index contributed by atoms with van der Waals surface area (Å²) in [5.41, 5.74) is -1.30. The predicted molar refractivity (Wildman–Crippen MR) is 95.5 cm³/mol. The van der Waals surface area contributed by atoms with Gasteiger partial charge in [0.1, 0.15) is 5.82 Å². The van der Waals surface area contributed by atoms with E-state index in [1.54, 1.807) is 24.3 Å². The van der Waals surface area contributed by atoms with Gasteiger partial charge in [-0.1, -0.05) is 19.1 Å². The molecule has 0 spiro atoms. The van der Waals surface area contributed by atoms with E-state index in [4.69, 9.17) is 9.47 Å². The second kappa shape index (κ2) is 8.15. The first-order chi connectivity index (χ1) is 12.3. The van der Waals surface area contributed by atoms with Gasteiger partial charge in [-0.05, 0) is 37.1 Å². The molecule has 0 fully saturated rings. The Labute approximate surface area is 149 Å². The highest BCUT2D eigenvalue weighted by molar-refractivity contribution is 5.68. The number of methoxy groups -OCH3 is 1. The summed E-state index contributed by atoms with van der Waals surface area (Å²) >= 11 is 0. The van der Waals surface area contributed by atoms with E-state index < -0.39 is 22.0 Å². The molecule has 0 aliphatic heterocycles. The van der Waals surface area contributed by atoms with Crippen LogP contribution in [0.5, 0.6) is 17.4 Å². The van der Waals surface area contributed by atoms with Crippen molar-refractivity contribution in [2.24, 2.45) is 0 Å². The van der Waals surface area contributed by atoms with E-state index in [0.717, 1.165) is 12.0 Å². The van der Waals surface area contributed by atoms with Gasteiger partial charge < -0.3 is 19.6 Å². The third-order valence-corrected chi connectivity index (χ3v) is 3.60. The number of ether oxygens (including phenoxy) is 2. The molecular formula is C17H19N3O6. The molecule has 0 unspecified atom stereocenters. The minimum atomic E-state index is -1.03. The van der Waals surface area contributed by atoms with Gasteiger partial charge in [0, 0.05) is 0 Å². The molecule has 9 nitrogen and oxygen atoms in total. The van der Waals surface area contributed by atoms with Gasteiger partial charge in [0.25, 0.3) is 5.88 Å². The SMILES string of the molecule is CC[C@H](C)Oc1ccc(/C=C/c2nc(O)c([N+](=O)[O-])c(=O)[nH]2)cc1OC. The summed E-state index contributed by atoms with van der Waals surface area (Å²) in [4.78, 5) is 27.1. The zero-order valence-electron chi connectivity index (χ0n) is 14.6. The topological polar surface area (TPSA) is 128 Å². The van der Waals surface area contributed by atoms with Crippen LogP contribution in [0.4, 0.5) is 5.69 Å². The maximum absolute atomic E-state index is 11.6. The van der Waals surface area contributed by atoms with E-state index in [-0.39, 0.29) is 11.9 Å². The van der Waals surface area contributed by atoms with Crippen molar-refractivity contribution in [2.75, 3.05) is 7.11 Å². The summed E-state index contributed by atoms with van der Waals surface area (Å²) < 4.78 is 11.1. The third-order valence-electron chi connectivity index (χ3n) is 3.60. The highest BCUT2D eigenvalue weighted by Gasteiger charge is 2.21. The van der Waals surface area contributed by atoms with Crippen molar-refractivity contribution >= 4 is 17.8 Å². The molecule has 2 rings (SSSR count).